The van der Waals surface area contributed by atoms with Crippen LogP contribution < -0.4 is 30.2 Å². The summed E-state index contributed by atoms with van der Waals surface area (Å²) in [6.07, 6.45) is 5.84. The van der Waals surface area contributed by atoms with E-state index < -0.39 is 0 Å². The lowest BCUT2D eigenvalue weighted by Gasteiger charge is -2.35. The van der Waals surface area contributed by atoms with Crippen LogP contribution in [-0.2, 0) is 4.79 Å². The second-order valence-corrected chi connectivity index (χ2v) is 13.0. The van der Waals surface area contributed by atoms with Crippen molar-refractivity contribution >= 4 is 53.9 Å². The van der Waals surface area contributed by atoms with E-state index in [0.717, 1.165) is 50.8 Å². The van der Waals surface area contributed by atoms with Gasteiger partial charge < -0.3 is 40.0 Å². The Bertz CT molecular complexity index is 1600. The number of aryl methyl sites for hydroxylation is 1. The standard InChI is InChI=1S/C39H53N5O6.2ClH/c1-28-14-17-34(36(25-28)50-23-8-6-7-13-37(45)44-21-18-31(19-22-44)42(2)3)43(4)39(47)30-15-16-33(35(27-30)48-5)41-38(46)29-11-9-12-32(26-29)49-24-10-20-40;;/h9,11-12,14-17,25-27,31H,6-8,10,13,18-24,40H2,1-5H3,(H,41,46);2*1H. The number of anilines is 2. The molecular formula is C39H55Cl2N5O6. The molecule has 3 N–H and O–H groups in total. The first-order valence-electron chi connectivity index (χ1n) is 17.5. The lowest BCUT2D eigenvalue weighted by Crippen LogP contribution is -2.44. The van der Waals surface area contributed by atoms with Crippen LogP contribution in [0, 0.1) is 6.92 Å². The van der Waals surface area contributed by atoms with Crippen LogP contribution >= 0.6 is 24.8 Å². The van der Waals surface area contributed by atoms with Crippen LogP contribution in [-0.4, -0.2) is 94.7 Å². The Hall–Kier alpha value is -4.03. The number of nitrogens with two attached hydrogens (primary N) is 1. The molecule has 0 saturated carbocycles. The van der Waals surface area contributed by atoms with Crippen molar-refractivity contribution in [3.63, 3.8) is 0 Å². The van der Waals surface area contributed by atoms with Crippen LogP contribution in [0.25, 0.3) is 0 Å². The zero-order valence-corrected chi connectivity index (χ0v) is 32.7. The molecule has 3 aromatic rings. The van der Waals surface area contributed by atoms with Gasteiger partial charge in [-0.1, -0.05) is 12.1 Å². The molecule has 0 bridgehead atoms. The van der Waals surface area contributed by atoms with Gasteiger partial charge in [-0.3, -0.25) is 14.4 Å². The van der Waals surface area contributed by atoms with Gasteiger partial charge in [0.2, 0.25) is 5.91 Å². The number of nitrogens with zero attached hydrogens (tertiary/aromatic N) is 3. The van der Waals surface area contributed by atoms with Crippen LogP contribution in [0.3, 0.4) is 0 Å². The van der Waals surface area contributed by atoms with Crippen molar-refractivity contribution in [2.24, 2.45) is 5.73 Å². The van der Waals surface area contributed by atoms with Crippen molar-refractivity contribution in [3.05, 3.63) is 77.4 Å². The average Bonchev–Trinajstić information content (AvgIpc) is 3.12. The SMILES string of the molecule is COc1cc(C(=O)N(C)c2ccc(C)cc2OCCCCCC(=O)N2CCC(N(C)C)CC2)ccc1NC(=O)c1cccc(OCCCN)c1.Cl.Cl. The van der Waals surface area contributed by atoms with Crippen molar-refractivity contribution in [2.75, 3.05) is 71.3 Å². The summed E-state index contributed by atoms with van der Waals surface area (Å²) in [7, 11) is 7.40. The number of benzene rings is 3. The fraction of sp³-hybridized carbons (Fsp3) is 0.462. The Morgan fingerprint density at radius 1 is 0.846 bits per heavy atom. The highest BCUT2D eigenvalue weighted by Gasteiger charge is 2.24. The van der Waals surface area contributed by atoms with Crippen molar-refractivity contribution < 1.29 is 28.6 Å². The van der Waals surface area contributed by atoms with Crippen LogP contribution in [0.5, 0.6) is 17.2 Å². The molecule has 13 heteroatoms. The molecule has 0 aromatic heterocycles. The summed E-state index contributed by atoms with van der Waals surface area (Å²) in [4.78, 5) is 45.2. The van der Waals surface area contributed by atoms with Gasteiger partial charge in [-0.25, -0.2) is 0 Å². The fourth-order valence-corrected chi connectivity index (χ4v) is 5.97. The molecule has 4 rings (SSSR count). The summed E-state index contributed by atoms with van der Waals surface area (Å²) in [6, 6.07) is 18.1. The number of halogens is 2. The average molecular weight is 761 g/mol. The normalized spacial score (nSPS) is 12.7. The van der Waals surface area contributed by atoms with Crippen LogP contribution in [0.15, 0.2) is 60.7 Å². The maximum atomic E-state index is 13.7. The molecule has 0 atom stereocenters. The predicted molar refractivity (Wildman–Crippen MR) is 212 cm³/mol. The van der Waals surface area contributed by atoms with Crippen molar-refractivity contribution in [2.45, 2.75) is 57.9 Å². The Morgan fingerprint density at radius 2 is 1.58 bits per heavy atom. The molecule has 1 heterocycles. The highest BCUT2D eigenvalue weighted by atomic mass is 35.5. The number of carbonyl (C=O) groups is 3. The molecule has 52 heavy (non-hydrogen) atoms. The Kier molecular flexibility index (Phi) is 18.8. The molecule has 0 spiro atoms. The summed E-state index contributed by atoms with van der Waals surface area (Å²) in [5.41, 5.74) is 8.44. The third-order valence-electron chi connectivity index (χ3n) is 9.03. The molecule has 1 fully saturated rings. The van der Waals surface area contributed by atoms with Gasteiger partial charge in [0, 0.05) is 43.7 Å². The van der Waals surface area contributed by atoms with E-state index in [2.05, 4.69) is 24.3 Å². The molecule has 11 nitrogen and oxygen atoms in total. The summed E-state index contributed by atoms with van der Waals surface area (Å²) in [6.45, 7) is 5.12. The number of carbonyl (C=O) groups excluding carboxylic acids is 3. The smallest absolute Gasteiger partial charge is 0.258 e. The number of hydrogen-bond acceptors (Lipinski definition) is 8. The zero-order valence-electron chi connectivity index (χ0n) is 31.0. The van der Waals surface area contributed by atoms with Gasteiger partial charge in [-0.2, -0.15) is 0 Å². The summed E-state index contributed by atoms with van der Waals surface area (Å²) >= 11 is 0. The zero-order chi connectivity index (χ0) is 36.0. The molecule has 3 amide bonds. The molecule has 1 aliphatic heterocycles. The summed E-state index contributed by atoms with van der Waals surface area (Å²) in [5, 5.41) is 2.87. The fourth-order valence-electron chi connectivity index (χ4n) is 5.97. The lowest BCUT2D eigenvalue weighted by molar-refractivity contribution is -0.132. The number of nitrogens with one attached hydrogen (secondary N) is 1. The second kappa shape index (κ2) is 22.1. The van der Waals surface area contributed by atoms with Gasteiger partial charge in [-0.05, 0) is 120 Å². The van der Waals surface area contributed by atoms with E-state index in [1.165, 1.54) is 7.11 Å². The first kappa shape index (κ1) is 44.1. The van der Waals surface area contributed by atoms with E-state index in [1.807, 2.05) is 30.0 Å². The van der Waals surface area contributed by atoms with Crippen molar-refractivity contribution in [1.82, 2.24) is 9.80 Å². The predicted octanol–water partition coefficient (Wildman–Crippen LogP) is 6.60. The largest absolute Gasteiger partial charge is 0.495 e. The molecule has 3 aromatic carbocycles. The van der Waals surface area contributed by atoms with Gasteiger partial charge in [0.05, 0.1) is 31.7 Å². The molecule has 1 aliphatic rings. The Morgan fingerprint density at radius 3 is 2.27 bits per heavy atom. The van der Waals surface area contributed by atoms with Gasteiger partial charge >= 0.3 is 0 Å². The number of ether oxygens (including phenoxy) is 3. The molecule has 0 aliphatic carbocycles. The minimum absolute atomic E-state index is 0. The van der Waals surface area contributed by atoms with E-state index >= 15 is 0 Å². The summed E-state index contributed by atoms with van der Waals surface area (Å²) in [5.74, 6) is 1.20. The molecule has 0 unspecified atom stereocenters. The molecule has 1 saturated heterocycles. The monoisotopic (exact) mass is 759 g/mol. The molecule has 0 radical (unpaired) electrons. The van der Waals surface area contributed by atoms with E-state index in [0.29, 0.717) is 78.4 Å². The highest BCUT2D eigenvalue weighted by Crippen LogP contribution is 2.32. The van der Waals surface area contributed by atoms with Gasteiger partial charge in [-0.15, -0.1) is 24.8 Å². The highest BCUT2D eigenvalue weighted by molar-refractivity contribution is 6.08. The molecular weight excluding hydrogens is 705 g/mol. The third-order valence-corrected chi connectivity index (χ3v) is 9.03. The number of amides is 3. The number of likely N-dealkylation sites (tertiary alicyclic amines) is 1. The topological polar surface area (TPSA) is 127 Å². The van der Waals surface area contributed by atoms with Crippen LogP contribution in [0.4, 0.5) is 11.4 Å². The van der Waals surface area contributed by atoms with E-state index in [9.17, 15) is 14.4 Å². The van der Waals surface area contributed by atoms with Gasteiger partial charge in [0.25, 0.3) is 11.8 Å². The van der Waals surface area contributed by atoms with E-state index in [1.54, 1.807) is 54.4 Å². The minimum atomic E-state index is -0.336. The first-order valence-corrected chi connectivity index (χ1v) is 17.5. The second-order valence-electron chi connectivity index (χ2n) is 13.0. The summed E-state index contributed by atoms with van der Waals surface area (Å²) < 4.78 is 17.4. The third kappa shape index (κ3) is 12.6. The van der Waals surface area contributed by atoms with Gasteiger partial charge in [0.1, 0.15) is 17.2 Å². The van der Waals surface area contributed by atoms with Gasteiger partial charge in [0.15, 0.2) is 0 Å². The van der Waals surface area contributed by atoms with Crippen molar-refractivity contribution in [1.29, 1.82) is 0 Å². The number of rotatable bonds is 17. The lowest BCUT2D eigenvalue weighted by atomic mass is 10.0. The van der Waals surface area contributed by atoms with E-state index in [-0.39, 0.29) is 42.5 Å². The van der Waals surface area contributed by atoms with Crippen LogP contribution in [0.1, 0.15) is 71.2 Å². The molecule has 286 valence electrons. The first-order chi connectivity index (χ1) is 24.1. The maximum Gasteiger partial charge on any atom is 0.258 e. The Labute approximate surface area is 321 Å². The number of hydrogen-bond donors (Lipinski definition) is 2. The number of methoxy groups -OCH3 is 1. The minimum Gasteiger partial charge on any atom is -0.495 e. The van der Waals surface area contributed by atoms with E-state index in [4.69, 9.17) is 19.9 Å². The Balaban J connectivity index is 0.00000468. The quantitative estimate of drug-likeness (QED) is 0.148. The van der Waals surface area contributed by atoms with Crippen molar-refractivity contribution in [3.8, 4) is 17.2 Å². The number of unbranched alkanes of at least 4 members (excludes halogenated alkanes) is 2. The van der Waals surface area contributed by atoms with Crippen LogP contribution in [0.2, 0.25) is 0 Å². The maximum absolute atomic E-state index is 13.7. The number of piperidine rings is 1.